The fourth-order valence-corrected chi connectivity index (χ4v) is 1.00. The fraction of sp³-hybridized carbons (Fsp3) is 0.700. The topological polar surface area (TPSA) is 64.3 Å². The zero-order chi connectivity index (χ0) is 10.8. The lowest BCUT2D eigenvalue weighted by Gasteiger charge is -2.11. The molecule has 0 aliphatic rings. The minimum Gasteiger partial charge on any atom is -0.378 e. The number of hydrogen-bond acceptors (Lipinski definition) is 3. The molecule has 0 fully saturated rings. The van der Waals surface area contributed by atoms with Crippen LogP contribution in [0.5, 0.6) is 0 Å². The third-order valence-corrected chi connectivity index (χ3v) is 1.89. The zero-order valence-corrected chi connectivity index (χ0v) is 8.79. The summed E-state index contributed by atoms with van der Waals surface area (Å²) in [4.78, 5) is 10.8. The lowest BCUT2D eigenvalue weighted by molar-refractivity contribution is -0.121. The molecular formula is C10H20N2O2. The summed E-state index contributed by atoms with van der Waals surface area (Å²) in [5, 5.41) is 0. The van der Waals surface area contributed by atoms with Crippen molar-refractivity contribution in [1.29, 1.82) is 0 Å². The van der Waals surface area contributed by atoms with Gasteiger partial charge in [0, 0.05) is 13.0 Å². The van der Waals surface area contributed by atoms with Gasteiger partial charge in [0.05, 0.1) is 6.10 Å². The Balaban J connectivity index is 3.31. The molecule has 1 atom stereocenters. The first-order chi connectivity index (χ1) is 6.70. The molecule has 0 rings (SSSR count). The summed E-state index contributed by atoms with van der Waals surface area (Å²) in [5.74, 6) is 4.80. The molecule has 0 aromatic carbocycles. The molecule has 0 aliphatic heterocycles. The Morgan fingerprint density at radius 1 is 1.71 bits per heavy atom. The number of rotatable bonds is 8. The van der Waals surface area contributed by atoms with Crippen LogP contribution in [0.3, 0.4) is 0 Å². The van der Waals surface area contributed by atoms with Gasteiger partial charge in [-0.3, -0.25) is 10.2 Å². The quantitative estimate of drug-likeness (QED) is 0.203. The van der Waals surface area contributed by atoms with Gasteiger partial charge in [-0.05, 0) is 26.2 Å². The second-order valence-corrected chi connectivity index (χ2v) is 3.22. The summed E-state index contributed by atoms with van der Waals surface area (Å²) in [6.45, 7) is 6.30. The second-order valence-electron chi connectivity index (χ2n) is 3.22. The minimum atomic E-state index is -0.147. The van der Waals surface area contributed by atoms with Gasteiger partial charge in [0.15, 0.2) is 0 Å². The maximum Gasteiger partial charge on any atom is 0.233 e. The number of hydrazine groups is 1. The van der Waals surface area contributed by atoms with Crippen molar-refractivity contribution in [1.82, 2.24) is 5.43 Å². The zero-order valence-electron chi connectivity index (χ0n) is 8.79. The number of unbranched alkanes of at least 4 members (excludes halogenated alkanes) is 1. The highest BCUT2D eigenvalue weighted by Crippen LogP contribution is 2.02. The molecule has 0 bridgehead atoms. The molecule has 0 spiro atoms. The summed E-state index contributed by atoms with van der Waals surface area (Å²) in [7, 11) is 0. The average Bonchev–Trinajstić information content (AvgIpc) is 2.21. The van der Waals surface area contributed by atoms with E-state index in [1.54, 1.807) is 0 Å². The van der Waals surface area contributed by atoms with Crippen molar-refractivity contribution in [3.8, 4) is 0 Å². The van der Waals surface area contributed by atoms with Gasteiger partial charge in [-0.15, -0.1) is 6.58 Å². The van der Waals surface area contributed by atoms with Gasteiger partial charge < -0.3 is 4.74 Å². The number of hydrogen-bond donors (Lipinski definition) is 2. The molecule has 0 saturated heterocycles. The molecule has 82 valence electrons. The van der Waals surface area contributed by atoms with Crippen LogP contribution in [-0.2, 0) is 9.53 Å². The first-order valence-electron chi connectivity index (χ1n) is 4.92. The van der Waals surface area contributed by atoms with E-state index in [1.165, 1.54) is 0 Å². The molecule has 4 nitrogen and oxygen atoms in total. The molecule has 14 heavy (non-hydrogen) atoms. The number of ether oxygens (including phenoxy) is 1. The molecule has 1 amide bonds. The van der Waals surface area contributed by atoms with Crippen LogP contribution >= 0.6 is 0 Å². The van der Waals surface area contributed by atoms with E-state index in [0.29, 0.717) is 12.8 Å². The second kappa shape index (κ2) is 8.72. The normalized spacial score (nSPS) is 12.1. The Hall–Kier alpha value is -0.870. The minimum absolute atomic E-state index is 0.108. The van der Waals surface area contributed by atoms with Gasteiger partial charge in [-0.1, -0.05) is 6.08 Å². The van der Waals surface area contributed by atoms with Crippen LogP contribution in [0.15, 0.2) is 12.7 Å². The first-order valence-corrected chi connectivity index (χ1v) is 4.92. The van der Waals surface area contributed by atoms with Gasteiger partial charge in [0.1, 0.15) is 0 Å². The van der Waals surface area contributed by atoms with Crippen molar-refractivity contribution in [2.24, 2.45) is 5.84 Å². The van der Waals surface area contributed by atoms with Crippen LogP contribution in [0, 0.1) is 0 Å². The van der Waals surface area contributed by atoms with Crippen LogP contribution in [0.1, 0.15) is 32.6 Å². The van der Waals surface area contributed by atoms with Gasteiger partial charge >= 0.3 is 0 Å². The molecule has 4 heteroatoms. The molecule has 0 aromatic heterocycles. The summed E-state index contributed by atoms with van der Waals surface area (Å²) in [6.07, 6.45) is 5.05. The predicted molar refractivity (Wildman–Crippen MR) is 56.4 cm³/mol. The van der Waals surface area contributed by atoms with Crippen LogP contribution in [0.4, 0.5) is 0 Å². The van der Waals surface area contributed by atoms with Crippen LogP contribution in [0.25, 0.3) is 0 Å². The van der Waals surface area contributed by atoms with E-state index in [2.05, 4.69) is 12.0 Å². The largest absolute Gasteiger partial charge is 0.378 e. The number of nitrogens with two attached hydrogens (primary N) is 1. The van der Waals surface area contributed by atoms with Crippen LogP contribution in [0.2, 0.25) is 0 Å². The van der Waals surface area contributed by atoms with E-state index < -0.39 is 0 Å². The lowest BCUT2D eigenvalue weighted by atomic mass is 10.2. The molecule has 0 aliphatic carbocycles. The molecule has 1 unspecified atom stereocenters. The van der Waals surface area contributed by atoms with Crippen LogP contribution in [-0.4, -0.2) is 18.6 Å². The monoisotopic (exact) mass is 200 g/mol. The van der Waals surface area contributed by atoms with Gasteiger partial charge in [0.2, 0.25) is 5.91 Å². The van der Waals surface area contributed by atoms with E-state index >= 15 is 0 Å². The van der Waals surface area contributed by atoms with Crippen molar-refractivity contribution >= 4 is 5.91 Å². The SMILES string of the molecule is C=CCCCOC(C)CCC(=O)NN. The van der Waals surface area contributed by atoms with Gasteiger partial charge in [-0.25, -0.2) is 5.84 Å². The van der Waals surface area contributed by atoms with E-state index in [9.17, 15) is 4.79 Å². The highest BCUT2D eigenvalue weighted by molar-refractivity contribution is 5.75. The van der Waals surface area contributed by atoms with Crippen molar-refractivity contribution in [2.45, 2.75) is 38.7 Å². The van der Waals surface area contributed by atoms with Gasteiger partial charge in [-0.2, -0.15) is 0 Å². The third kappa shape index (κ3) is 7.76. The predicted octanol–water partition coefficient (Wildman–Crippen LogP) is 1.13. The highest BCUT2D eigenvalue weighted by Gasteiger charge is 2.05. The van der Waals surface area contributed by atoms with Crippen molar-refractivity contribution in [2.75, 3.05) is 6.61 Å². The standard InChI is InChI=1S/C10H20N2O2/c1-3-4-5-8-14-9(2)6-7-10(13)12-11/h3,9H,1,4-8,11H2,2H3,(H,12,13). The summed E-state index contributed by atoms with van der Waals surface area (Å²) in [6, 6.07) is 0. The number of allylic oxidation sites excluding steroid dienone is 1. The van der Waals surface area contributed by atoms with E-state index in [0.717, 1.165) is 19.4 Å². The molecule has 0 aromatic rings. The van der Waals surface area contributed by atoms with E-state index in [1.807, 2.05) is 13.0 Å². The maximum atomic E-state index is 10.8. The Morgan fingerprint density at radius 3 is 3.00 bits per heavy atom. The van der Waals surface area contributed by atoms with E-state index in [-0.39, 0.29) is 12.0 Å². The van der Waals surface area contributed by atoms with Crippen molar-refractivity contribution in [3.05, 3.63) is 12.7 Å². The molecule has 3 N–H and O–H groups in total. The Bertz CT molecular complexity index is 172. The highest BCUT2D eigenvalue weighted by atomic mass is 16.5. The molecule has 0 saturated carbocycles. The van der Waals surface area contributed by atoms with E-state index in [4.69, 9.17) is 10.6 Å². The molecular weight excluding hydrogens is 180 g/mol. The van der Waals surface area contributed by atoms with Crippen molar-refractivity contribution < 1.29 is 9.53 Å². The number of amides is 1. The summed E-state index contributed by atoms with van der Waals surface area (Å²) >= 11 is 0. The summed E-state index contributed by atoms with van der Waals surface area (Å²) in [5.41, 5.74) is 2.09. The number of carbonyl (C=O) groups is 1. The van der Waals surface area contributed by atoms with Gasteiger partial charge in [0.25, 0.3) is 0 Å². The maximum absolute atomic E-state index is 10.8. The number of nitrogens with one attached hydrogen (secondary N) is 1. The lowest BCUT2D eigenvalue weighted by Crippen LogP contribution is -2.30. The fourth-order valence-electron chi connectivity index (χ4n) is 1.00. The number of carbonyl (C=O) groups excluding carboxylic acids is 1. The Labute approximate surface area is 85.5 Å². The molecule has 0 heterocycles. The van der Waals surface area contributed by atoms with Crippen molar-refractivity contribution in [3.63, 3.8) is 0 Å². The molecule has 0 radical (unpaired) electrons. The Morgan fingerprint density at radius 2 is 2.43 bits per heavy atom. The smallest absolute Gasteiger partial charge is 0.233 e. The van der Waals surface area contributed by atoms with Crippen LogP contribution < -0.4 is 11.3 Å². The average molecular weight is 200 g/mol. The summed E-state index contributed by atoms with van der Waals surface area (Å²) < 4.78 is 5.47. The first kappa shape index (κ1) is 13.1. The Kier molecular flexibility index (Phi) is 8.17. The third-order valence-electron chi connectivity index (χ3n) is 1.89.